The maximum absolute atomic E-state index is 12.6. The van der Waals surface area contributed by atoms with Crippen molar-refractivity contribution in [3.8, 4) is 0 Å². The number of urea groups is 1. The quantitative estimate of drug-likeness (QED) is 0.906. The second-order valence-corrected chi connectivity index (χ2v) is 7.13. The van der Waals surface area contributed by atoms with Gasteiger partial charge in [-0.2, -0.15) is 0 Å². The molecule has 0 spiro atoms. The number of fused-ring (bicyclic) bond motifs is 1. The van der Waals surface area contributed by atoms with Crippen molar-refractivity contribution in [2.24, 2.45) is 0 Å². The van der Waals surface area contributed by atoms with Crippen LogP contribution in [0.25, 0.3) is 0 Å². The van der Waals surface area contributed by atoms with E-state index in [1.807, 2.05) is 48.2 Å². The first-order valence-corrected chi connectivity index (χ1v) is 9.09. The Morgan fingerprint density at radius 1 is 1.08 bits per heavy atom. The molecule has 2 heterocycles. The van der Waals surface area contributed by atoms with Crippen LogP contribution in [0.2, 0.25) is 0 Å². The summed E-state index contributed by atoms with van der Waals surface area (Å²) in [6, 6.07) is 15.9. The highest BCUT2D eigenvalue weighted by Gasteiger charge is 2.33. The van der Waals surface area contributed by atoms with Gasteiger partial charge in [0.05, 0.1) is 6.04 Å². The molecule has 2 aliphatic rings. The van der Waals surface area contributed by atoms with E-state index in [4.69, 9.17) is 0 Å². The molecular formula is C21H23N3O2. The van der Waals surface area contributed by atoms with E-state index in [1.54, 1.807) is 4.90 Å². The number of carbonyl (C=O) groups is 2. The molecule has 2 aromatic rings. The Bertz CT molecular complexity index is 831. The van der Waals surface area contributed by atoms with Crippen molar-refractivity contribution in [1.29, 1.82) is 0 Å². The number of rotatable bonds is 2. The molecule has 5 heteroatoms. The molecule has 134 valence electrons. The minimum absolute atomic E-state index is 0.0585. The van der Waals surface area contributed by atoms with Crippen LogP contribution in [0.15, 0.2) is 48.5 Å². The Morgan fingerprint density at radius 3 is 2.58 bits per heavy atom. The van der Waals surface area contributed by atoms with E-state index in [0.717, 1.165) is 17.7 Å². The molecule has 0 radical (unpaired) electrons. The minimum atomic E-state index is -0.145. The van der Waals surface area contributed by atoms with Crippen LogP contribution in [-0.4, -0.2) is 36.0 Å². The molecular weight excluding hydrogens is 326 g/mol. The Hall–Kier alpha value is -2.82. The number of benzene rings is 2. The molecule has 1 N–H and O–H groups in total. The van der Waals surface area contributed by atoms with Crippen molar-refractivity contribution >= 4 is 17.6 Å². The van der Waals surface area contributed by atoms with Crippen LogP contribution < -0.4 is 10.2 Å². The zero-order valence-corrected chi connectivity index (χ0v) is 14.9. The van der Waals surface area contributed by atoms with Crippen LogP contribution in [0.3, 0.4) is 0 Å². The standard InChI is InChI=1S/C21H23N3O2/c1-15-6-8-19(9-7-15)24-14-18(12-20(24)25)22-21(26)23-11-10-16-4-2-3-5-17(16)13-23/h2-9,18H,10-14H2,1H3,(H,22,26). The SMILES string of the molecule is Cc1ccc(N2CC(NC(=O)N3CCc4ccccc4C3)CC2=O)cc1. The topological polar surface area (TPSA) is 52.7 Å². The van der Waals surface area contributed by atoms with E-state index in [1.165, 1.54) is 11.1 Å². The molecule has 0 saturated carbocycles. The van der Waals surface area contributed by atoms with Crippen LogP contribution >= 0.6 is 0 Å². The molecule has 0 aromatic heterocycles. The number of amides is 3. The molecule has 1 fully saturated rings. The fourth-order valence-corrected chi connectivity index (χ4v) is 3.71. The normalized spacial score (nSPS) is 19.4. The van der Waals surface area contributed by atoms with Gasteiger partial charge in [-0.1, -0.05) is 42.0 Å². The number of aryl methyl sites for hydroxylation is 1. The summed E-state index contributed by atoms with van der Waals surface area (Å²) in [4.78, 5) is 28.6. The molecule has 4 rings (SSSR count). The van der Waals surface area contributed by atoms with E-state index in [0.29, 0.717) is 26.1 Å². The average molecular weight is 349 g/mol. The van der Waals surface area contributed by atoms with Gasteiger partial charge in [-0.25, -0.2) is 4.79 Å². The second kappa shape index (κ2) is 6.83. The van der Waals surface area contributed by atoms with Crippen molar-refractivity contribution in [2.75, 3.05) is 18.0 Å². The minimum Gasteiger partial charge on any atom is -0.333 e. The summed E-state index contributed by atoms with van der Waals surface area (Å²) in [5.74, 6) is 0.0585. The first-order chi connectivity index (χ1) is 12.6. The summed E-state index contributed by atoms with van der Waals surface area (Å²) in [6.45, 7) is 3.89. The van der Waals surface area contributed by atoms with Gasteiger partial charge in [0.15, 0.2) is 0 Å². The number of hydrogen-bond acceptors (Lipinski definition) is 2. The molecule has 2 aliphatic heterocycles. The summed E-state index contributed by atoms with van der Waals surface area (Å²) >= 11 is 0. The Balaban J connectivity index is 1.38. The lowest BCUT2D eigenvalue weighted by atomic mass is 10.0. The highest BCUT2D eigenvalue weighted by molar-refractivity contribution is 5.96. The lowest BCUT2D eigenvalue weighted by molar-refractivity contribution is -0.117. The van der Waals surface area contributed by atoms with Gasteiger partial charge in [-0.3, -0.25) is 4.79 Å². The molecule has 3 amide bonds. The van der Waals surface area contributed by atoms with Gasteiger partial charge < -0.3 is 15.1 Å². The molecule has 2 aromatic carbocycles. The van der Waals surface area contributed by atoms with Crippen molar-refractivity contribution in [3.05, 3.63) is 65.2 Å². The van der Waals surface area contributed by atoms with Crippen molar-refractivity contribution in [1.82, 2.24) is 10.2 Å². The highest BCUT2D eigenvalue weighted by Crippen LogP contribution is 2.23. The van der Waals surface area contributed by atoms with Gasteiger partial charge >= 0.3 is 6.03 Å². The predicted molar refractivity (Wildman–Crippen MR) is 101 cm³/mol. The summed E-state index contributed by atoms with van der Waals surface area (Å²) in [6.07, 6.45) is 1.23. The van der Waals surface area contributed by atoms with Crippen LogP contribution in [0, 0.1) is 6.92 Å². The maximum atomic E-state index is 12.6. The number of nitrogens with one attached hydrogen (secondary N) is 1. The first-order valence-electron chi connectivity index (χ1n) is 9.09. The number of nitrogens with zero attached hydrogens (tertiary/aromatic N) is 2. The van der Waals surface area contributed by atoms with Gasteiger partial charge in [0.25, 0.3) is 0 Å². The largest absolute Gasteiger partial charge is 0.333 e. The van der Waals surface area contributed by atoms with E-state index >= 15 is 0 Å². The van der Waals surface area contributed by atoms with E-state index < -0.39 is 0 Å². The van der Waals surface area contributed by atoms with E-state index in [2.05, 4.69) is 17.4 Å². The first kappa shape index (κ1) is 16.6. The third kappa shape index (κ3) is 3.29. The van der Waals surface area contributed by atoms with Gasteiger partial charge in [0, 0.05) is 31.7 Å². The predicted octanol–water partition coefficient (Wildman–Crippen LogP) is 2.87. The zero-order valence-electron chi connectivity index (χ0n) is 14.9. The Morgan fingerprint density at radius 2 is 1.81 bits per heavy atom. The van der Waals surface area contributed by atoms with E-state index in [-0.39, 0.29) is 18.0 Å². The molecule has 0 bridgehead atoms. The number of carbonyl (C=O) groups excluding carboxylic acids is 2. The van der Waals surface area contributed by atoms with Gasteiger partial charge in [-0.15, -0.1) is 0 Å². The van der Waals surface area contributed by atoms with Gasteiger partial charge in [0.1, 0.15) is 0 Å². The number of anilines is 1. The summed E-state index contributed by atoms with van der Waals surface area (Å²) < 4.78 is 0. The van der Waals surface area contributed by atoms with Crippen LogP contribution in [0.4, 0.5) is 10.5 Å². The third-order valence-corrected chi connectivity index (χ3v) is 5.22. The van der Waals surface area contributed by atoms with E-state index in [9.17, 15) is 9.59 Å². The molecule has 1 unspecified atom stereocenters. The Kier molecular flexibility index (Phi) is 4.37. The third-order valence-electron chi connectivity index (χ3n) is 5.22. The summed E-state index contributed by atoms with van der Waals surface area (Å²) in [5.41, 5.74) is 4.58. The van der Waals surface area contributed by atoms with Crippen molar-refractivity contribution < 1.29 is 9.59 Å². The smallest absolute Gasteiger partial charge is 0.318 e. The monoisotopic (exact) mass is 349 g/mol. The molecule has 1 atom stereocenters. The Labute approximate surface area is 153 Å². The lowest BCUT2D eigenvalue weighted by Crippen LogP contribution is -2.47. The van der Waals surface area contributed by atoms with Crippen LogP contribution in [0.5, 0.6) is 0 Å². The molecule has 26 heavy (non-hydrogen) atoms. The fourth-order valence-electron chi connectivity index (χ4n) is 3.71. The van der Waals surface area contributed by atoms with Crippen LogP contribution in [0.1, 0.15) is 23.1 Å². The van der Waals surface area contributed by atoms with Crippen LogP contribution in [-0.2, 0) is 17.8 Å². The summed E-state index contributed by atoms with van der Waals surface area (Å²) in [5, 5.41) is 3.05. The highest BCUT2D eigenvalue weighted by atomic mass is 16.2. The second-order valence-electron chi connectivity index (χ2n) is 7.13. The average Bonchev–Trinajstić information content (AvgIpc) is 3.02. The lowest BCUT2D eigenvalue weighted by Gasteiger charge is -2.30. The molecule has 0 aliphatic carbocycles. The van der Waals surface area contributed by atoms with Gasteiger partial charge in [0.2, 0.25) is 5.91 Å². The van der Waals surface area contributed by atoms with Gasteiger partial charge in [-0.05, 0) is 36.6 Å². The number of hydrogen-bond donors (Lipinski definition) is 1. The molecule has 1 saturated heterocycles. The van der Waals surface area contributed by atoms with Crippen molar-refractivity contribution in [2.45, 2.75) is 32.4 Å². The fraction of sp³-hybridized carbons (Fsp3) is 0.333. The van der Waals surface area contributed by atoms with Crippen molar-refractivity contribution in [3.63, 3.8) is 0 Å². The zero-order chi connectivity index (χ0) is 18.1. The maximum Gasteiger partial charge on any atom is 0.318 e. The summed E-state index contributed by atoms with van der Waals surface area (Å²) in [7, 11) is 0. The molecule has 5 nitrogen and oxygen atoms in total.